The third-order valence-corrected chi connectivity index (χ3v) is 3.93. The second-order valence-electron chi connectivity index (χ2n) is 5.18. The lowest BCUT2D eigenvalue weighted by Gasteiger charge is -2.15. The monoisotopic (exact) mass is 282 g/mol. The fourth-order valence-corrected chi connectivity index (χ4v) is 2.41. The quantitative estimate of drug-likeness (QED) is 0.645. The number of halogens is 1. The topological polar surface area (TPSA) is 0 Å². The van der Waals surface area contributed by atoms with Crippen molar-refractivity contribution in [3.8, 4) is 0 Å². The summed E-state index contributed by atoms with van der Waals surface area (Å²) in [6.45, 7) is 6.75. The highest BCUT2D eigenvalue weighted by Gasteiger charge is 2.09. The van der Waals surface area contributed by atoms with Gasteiger partial charge in [0, 0.05) is 5.33 Å². The fourth-order valence-electron chi connectivity index (χ4n) is 1.86. The van der Waals surface area contributed by atoms with Crippen LogP contribution in [0.3, 0.4) is 0 Å². The Balaban J connectivity index is 2.46. The van der Waals surface area contributed by atoms with Crippen LogP contribution in [0.5, 0.6) is 0 Å². The van der Waals surface area contributed by atoms with Gasteiger partial charge in [0.2, 0.25) is 0 Å². The molecule has 1 rings (SSSR count). The van der Waals surface area contributed by atoms with E-state index in [1.165, 1.54) is 30.4 Å². The molecule has 1 heteroatoms. The second kappa shape index (κ2) is 7.11. The number of hydrogen-bond acceptors (Lipinski definition) is 0. The van der Waals surface area contributed by atoms with Gasteiger partial charge in [0.1, 0.15) is 0 Å². The van der Waals surface area contributed by atoms with E-state index < -0.39 is 0 Å². The van der Waals surface area contributed by atoms with Gasteiger partial charge in [0.25, 0.3) is 0 Å². The Labute approximate surface area is 109 Å². The maximum atomic E-state index is 3.64. The van der Waals surface area contributed by atoms with Crippen molar-refractivity contribution >= 4 is 15.9 Å². The van der Waals surface area contributed by atoms with E-state index in [1.54, 1.807) is 0 Å². The normalized spacial score (nSPS) is 13.1. The molecule has 0 radical (unpaired) electrons. The predicted molar refractivity (Wildman–Crippen MR) is 76.2 cm³/mol. The Morgan fingerprint density at radius 3 is 2.19 bits per heavy atom. The highest BCUT2D eigenvalue weighted by Crippen LogP contribution is 2.19. The predicted octanol–water partition coefficient (Wildman–Crippen LogP) is 4.98. The summed E-state index contributed by atoms with van der Waals surface area (Å²) < 4.78 is 0. The Bertz CT molecular complexity index is 287. The van der Waals surface area contributed by atoms with E-state index in [4.69, 9.17) is 0 Å². The molecule has 0 bridgehead atoms. The van der Waals surface area contributed by atoms with E-state index in [-0.39, 0.29) is 0 Å². The summed E-state index contributed by atoms with van der Waals surface area (Å²) in [5.41, 5.74) is 2.82. The van der Waals surface area contributed by atoms with Crippen LogP contribution in [-0.2, 0) is 6.42 Å². The van der Waals surface area contributed by atoms with Gasteiger partial charge in [-0.15, -0.1) is 0 Å². The maximum Gasteiger partial charge on any atom is 0.00628 e. The van der Waals surface area contributed by atoms with Crippen molar-refractivity contribution in [1.29, 1.82) is 0 Å². The molecule has 0 amide bonds. The molecule has 0 saturated heterocycles. The lowest BCUT2D eigenvalue weighted by molar-refractivity contribution is 0.455. The third-order valence-electron chi connectivity index (χ3n) is 3.02. The number of benzene rings is 1. The molecule has 16 heavy (non-hydrogen) atoms. The molecular formula is C15H23Br. The molecule has 90 valence electrons. The molecular weight excluding hydrogens is 260 g/mol. The van der Waals surface area contributed by atoms with Crippen LogP contribution < -0.4 is 0 Å². The van der Waals surface area contributed by atoms with Gasteiger partial charge in [-0.2, -0.15) is 0 Å². The van der Waals surface area contributed by atoms with E-state index in [0.29, 0.717) is 0 Å². The van der Waals surface area contributed by atoms with Gasteiger partial charge < -0.3 is 0 Å². The smallest absolute Gasteiger partial charge is 0.00628 e. The van der Waals surface area contributed by atoms with Crippen molar-refractivity contribution in [2.45, 2.75) is 40.0 Å². The Hall–Kier alpha value is -0.300. The Morgan fingerprint density at radius 2 is 1.69 bits per heavy atom. The van der Waals surface area contributed by atoms with Crippen molar-refractivity contribution in [2.75, 3.05) is 5.33 Å². The molecule has 1 aromatic rings. The molecule has 0 N–H and O–H groups in total. The molecule has 0 spiro atoms. The third kappa shape index (κ3) is 5.16. The van der Waals surface area contributed by atoms with Crippen molar-refractivity contribution < 1.29 is 0 Å². The Morgan fingerprint density at radius 1 is 1.06 bits per heavy atom. The van der Waals surface area contributed by atoms with Gasteiger partial charge in [-0.3, -0.25) is 0 Å². The highest BCUT2D eigenvalue weighted by atomic mass is 79.9. The number of alkyl halides is 1. The van der Waals surface area contributed by atoms with Crippen LogP contribution in [0, 0.1) is 18.8 Å². The van der Waals surface area contributed by atoms with Crippen LogP contribution in [0.25, 0.3) is 0 Å². The van der Waals surface area contributed by atoms with E-state index >= 15 is 0 Å². The summed E-state index contributed by atoms with van der Waals surface area (Å²) >= 11 is 3.64. The van der Waals surface area contributed by atoms with Gasteiger partial charge in [0.05, 0.1) is 0 Å². The SMILES string of the molecule is Cc1ccc(CC(CBr)CCC(C)C)cc1. The minimum Gasteiger partial charge on any atom is -0.0925 e. The first-order chi connectivity index (χ1) is 7.61. The average Bonchev–Trinajstić information content (AvgIpc) is 2.26. The standard InChI is InChI=1S/C15H23Br/c1-12(2)4-7-15(11-16)10-14-8-5-13(3)6-9-14/h5-6,8-9,12,15H,4,7,10-11H2,1-3H3. The van der Waals surface area contributed by atoms with Crippen molar-refractivity contribution in [1.82, 2.24) is 0 Å². The molecule has 1 aromatic carbocycles. The first-order valence-corrected chi connectivity index (χ1v) is 7.35. The number of rotatable bonds is 6. The second-order valence-corrected chi connectivity index (χ2v) is 5.83. The van der Waals surface area contributed by atoms with Crippen LogP contribution in [0.1, 0.15) is 37.8 Å². The van der Waals surface area contributed by atoms with E-state index in [2.05, 4.69) is 61.0 Å². The summed E-state index contributed by atoms with van der Waals surface area (Å²) in [5.74, 6) is 1.60. The summed E-state index contributed by atoms with van der Waals surface area (Å²) in [6.07, 6.45) is 3.87. The van der Waals surface area contributed by atoms with Crippen LogP contribution in [0.15, 0.2) is 24.3 Å². The van der Waals surface area contributed by atoms with Crippen LogP contribution >= 0.6 is 15.9 Å². The minimum absolute atomic E-state index is 0.783. The minimum atomic E-state index is 0.783. The van der Waals surface area contributed by atoms with Gasteiger partial charge >= 0.3 is 0 Å². The summed E-state index contributed by atoms with van der Waals surface area (Å²) in [7, 11) is 0. The summed E-state index contributed by atoms with van der Waals surface area (Å²) in [5, 5.41) is 1.12. The number of hydrogen-bond donors (Lipinski definition) is 0. The van der Waals surface area contributed by atoms with Gasteiger partial charge in [0.15, 0.2) is 0 Å². The number of aryl methyl sites for hydroxylation is 1. The lowest BCUT2D eigenvalue weighted by atomic mass is 9.93. The molecule has 1 atom stereocenters. The molecule has 0 fully saturated rings. The van der Waals surface area contributed by atoms with Crippen molar-refractivity contribution in [2.24, 2.45) is 11.8 Å². The zero-order chi connectivity index (χ0) is 12.0. The van der Waals surface area contributed by atoms with E-state index in [1.807, 2.05) is 0 Å². The van der Waals surface area contributed by atoms with E-state index in [0.717, 1.165) is 17.2 Å². The maximum absolute atomic E-state index is 3.64. The highest BCUT2D eigenvalue weighted by molar-refractivity contribution is 9.09. The molecule has 0 aromatic heterocycles. The zero-order valence-corrected chi connectivity index (χ0v) is 12.3. The lowest BCUT2D eigenvalue weighted by Crippen LogP contribution is -2.07. The van der Waals surface area contributed by atoms with Crippen LogP contribution in [-0.4, -0.2) is 5.33 Å². The summed E-state index contributed by atoms with van der Waals surface area (Å²) in [4.78, 5) is 0. The molecule has 0 aliphatic rings. The molecule has 0 aliphatic heterocycles. The first-order valence-electron chi connectivity index (χ1n) is 6.23. The molecule has 0 aliphatic carbocycles. The van der Waals surface area contributed by atoms with E-state index in [9.17, 15) is 0 Å². The largest absolute Gasteiger partial charge is 0.0925 e. The molecule has 0 nitrogen and oxygen atoms in total. The molecule has 0 saturated carbocycles. The zero-order valence-electron chi connectivity index (χ0n) is 10.7. The molecule has 1 unspecified atom stereocenters. The Kier molecular flexibility index (Phi) is 6.12. The van der Waals surface area contributed by atoms with Crippen molar-refractivity contribution in [3.63, 3.8) is 0 Å². The fraction of sp³-hybridized carbons (Fsp3) is 0.600. The average molecular weight is 283 g/mol. The van der Waals surface area contributed by atoms with Gasteiger partial charge in [-0.05, 0) is 37.2 Å². The van der Waals surface area contributed by atoms with Crippen LogP contribution in [0.4, 0.5) is 0 Å². The van der Waals surface area contributed by atoms with Gasteiger partial charge in [-0.1, -0.05) is 66.0 Å². The molecule has 0 heterocycles. The first kappa shape index (κ1) is 13.8. The van der Waals surface area contributed by atoms with Crippen LogP contribution in [0.2, 0.25) is 0 Å². The van der Waals surface area contributed by atoms with Gasteiger partial charge in [-0.25, -0.2) is 0 Å². The van der Waals surface area contributed by atoms with Crippen molar-refractivity contribution in [3.05, 3.63) is 35.4 Å². The summed E-state index contributed by atoms with van der Waals surface area (Å²) in [6, 6.07) is 8.95.